The summed E-state index contributed by atoms with van der Waals surface area (Å²) in [6, 6.07) is 7.60. The lowest BCUT2D eigenvalue weighted by Crippen LogP contribution is -2.47. The summed E-state index contributed by atoms with van der Waals surface area (Å²) < 4.78 is 13.0. The molecule has 0 spiro atoms. The van der Waals surface area contributed by atoms with Crippen molar-refractivity contribution >= 4 is 11.6 Å². The summed E-state index contributed by atoms with van der Waals surface area (Å²) in [4.78, 5) is 0. The third-order valence-electron chi connectivity index (χ3n) is 6.40. The smallest absolute Gasteiger partial charge is 0.173 e. The third kappa shape index (κ3) is 3.81. The molecule has 2 aromatic heterocycles. The fourth-order valence-corrected chi connectivity index (χ4v) is 5.00. The molecule has 3 aromatic rings. The van der Waals surface area contributed by atoms with E-state index < -0.39 is 0 Å². The van der Waals surface area contributed by atoms with Gasteiger partial charge in [-0.05, 0) is 53.8 Å². The first-order valence-corrected chi connectivity index (χ1v) is 11.0. The summed E-state index contributed by atoms with van der Waals surface area (Å²) in [5, 5.41) is 24.3. The number of ether oxygens (including phenoxy) is 2. The van der Waals surface area contributed by atoms with Gasteiger partial charge in [0.2, 0.25) is 0 Å². The highest BCUT2D eigenvalue weighted by Gasteiger charge is 2.48. The molecule has 0 radical (unpaired) electrons. The highest BCUT2D eigenvalue weighted by molar-refractivity contribution is 6.30. The van der Waals surface area contributed by atoms with Crippen LogP contribution in [0.1, 0.15) is 54.9 Å². The molecule has 2 aliphatic rings. The lowest BCUT2D eigenvalue weighted by Gasteiger charge is -2.32. The van der Waals surface area contributed by atoms with E-state index in [1.807, 2.05) is 28.9 Å². The second kappa shape index (κ2) is 8.22. The quantitative estimate of drug-likeness (QED) is 0.551. The second-order valence-electron chi connectivity index (χ2n) is 8.34. The summed E-state index contributed by atoms with van der Waals surface area (Å²) in [7, 11) is 1.66. The lowest BCUT2D eigenvalue weighted by molar-refractivity contribution is 0.0612. The monoisotopic (exact) mass is 443 g/mol. The molecule has 2 bridgehead atoms. The number of aryl methyl sites for hydroxylation is 1. The Morgan fingerprint density at radius 3 is 2.87 bits per heavy atom. The maximum absolute atomic E-state index is 6.56. The van der Waals surface area contributed by atoms with Crippen molar-refractivity contribution in [2.45, 2.75) is 56.8 Å². The predicted molar refractivity (Wildman–Crippen MR) is 114 cm³/mol. The van der Waals surface area contributed by atoms with Crippen LogP contribution in [-0.2, 0) is 17.7 Å². The van der Waals surface area contributed by atoms with E-state index in [4.69, 9.17) is 21.1 Å². The van der Waals surface area contributed by atoms with E-state index in [0.717, 1.165) is 48.3 Å². The molecular formula is C21H26ClN7O2. The number of halogens is 1. The zero-order valence-electron chi connectivity index (χ0n) is 17.6. The summed E-state index contributed by atoms with van der Waals surface area (Å²) >= 11 is 6.56. The number of methoxy groups -OCH3 is 1. The highest BCUT2D eigenvalue weighted by atomic mass is 35.5. The molecule has 9 nitrogen and oxygen atoms in total. The number of fused-ring (bicyclic) bond motifs is 2. The Balaban J connectivity index is 1.51. The minimum atomic E-state index is -0.296. The van der Waals surface area contributed by atoms with Crippen molar-refractivity contribution in [3.63, 3.8) is 0 Å². The maximum atomic E-state index is 6.56. The number of hydrogen-bond donors (Lipinski definition) is 2. The van der Waals surface area contributed by atoms with Gasteiger partial charge in [-0.25, -0.2) is 4.68 Å². The Morgan fingerprint density at radius 2 is 2.23 bits per heavy atom. The van der Waals surface area contributed by atoms with Crippen LogP contribution in [0.15, 0.2) is 24.3 Å². The topological polar surface area (TPSA) is 103 Å². The van der Waals surface area contributed by atoms with Gasteiger partial charge >= 0.3 is 0 Å². The van der Waals surface area contributed by atoms with Gasteiger partial charge in [-0.15, -0.1) is 5.10 Å². The molecule has 2 fully saturated rings. The molecular weight excluding hydrogens is 418 g/mol. The molecule has 1 saturated carbocycles. The van der Waals surface area contributed by atoms with Crippen molar-refractivity contribution in [3.8, 4) is 5.75 Å². The van der Waals surface area contributed by atoms with Gasteiger partial charge < -0.3 is 9.47 Å². The van der Waals surface area contributed by atoms with Gasteiger partial charge in [0.1, 0.15) is 11.8 Å². The molecule has 1 saturated heterocycles. The Labute approximate surface area is 185 Å². The van der Waals surface area contributed by atoms with E-state index in [9.17, 15) is 0 Å². The van der Waals surface area contributed by atoms with Crippen LogP contribution in [0.3, 0.4) is 0 Å². The SMILES string of the molecule is CCc1[nH]nc(Cl)c1C(NC12CCC(C1)OC2)c1nnnn1Cc1ccc(OC)cc1. The standard InChI is InChI=1S/C21H26ClN7O2/c1-3-16-17(19(22)25-24-16)18(23-21-9-8-15(10-21)31-12-21)20-26-27-28-29(20)11-13-4-6-14(30-2)7-5-13/h4-7,15,18,23H,3,8-12H2,1-2H3,(H,24,25). The Morgan fingerprint density at radius 1 is 1.39 bits per heavy atom. The summed E-state index contributed by atoms with van der Waals surface area (Å²) in [5.74, 6) is 1.52. The van der Waals surface area contributed by atoms with Gasteiger partial charge in [-0.2, -0.15) is 5.10 Å². The van der Waals surface area contributed by atoms with Crippen LogP contribution in [0.2, 0.25) is 5.15 Å². The molecule has 10 heteroatoms. The van der Waals surface area contributed by atoms with Gasteiger partial charge in [-0.1, -0.05) is 30.7 Å². The molecule has 1 aliphatic heterocycles. The first-order chi connectivity index (χ1) is 15.1. The van der Waals surface area contributed by atoms with Crippen LogP contribution >= 0.6 is 11.6 Å². The Bertz CT molecular complexity index is 1040. The molecule has 5 rings (SSSR count). The minimum absolute atomic E-state index is 0.0994. The van der Waals surface area contributed by atoms with Crippen LogP contribution in [0, 0.1) is 0 Å². The Hall–Kier alpha value is -2.49. The number of aromatic amines is 1. The molecule has 3 atom stereocenters. The minimum Gasteiger partial charge on any atom is -0.497 e. The number of hydrogen-bond acceptors (Lipinski definition) is 7. The molecule has 3 unspecified atom stereocenters. The van der Waals surface area contributed by atoms with Gasteiger partial charge in [0, 0.05) is 16.8 Å². The van der Waals surface area contributed by atoms with Gasteiger partial charge in [-0.3, -0.25) is 10.4 Å². The van der Waals surface area contributed by atoms with Crippen LogP contribution in [0.4, 0.5) is 0 Å². The first kappa shape index (κ1) is 20.4. The summed E-state index contributed by atoms with van der Waals surface area (Å²) in [6.45, 7) is 3.30. The van der Waals surface area contributed by atoms with Crippen LogP contribution in [-0.4, -0.2) is 55.8 Å². The Kier molecular flexibility index (Phi) is 5.41. The molecule has 31 heavy (non-hydrogen) atoms. The van der Waals surface area contributed by atoms with Crippen molar-refractivity contribution in [2.75, 3.05) is 13.7 Å². The van der Waals surface area contributed by atoms with Crippen molar-refractivity contribution in [1.29, 1.82) is 0 Å². The molecule has 1 aromatic carbocycles. The number of H-pyrrole nitrogens is 1. The zero-order chi connectivity index (χ0) is 21.4. The van der Waals surface area contributed by atoms with Gasteiger partial charge in [0.05, 0.1) is 26.4 Å². The summed E-state index contributed by atoms with van der Waals surface area (Å²) in [5.41, 5.74) is 2.86. The fraction of sp³-hybridized carbons (Fsp3) is 0.524. The van der Waals surface area contributed by atoms with E-state index in [1.54, 1.807) is 7.11 Å². The molecule has 3 heterocycles. The number of nitrogens with zero attached hydrogens (tertiary/aromatic N) is 5. The molecule has 2 N–H and O–H groups in total. The molecule has 164 valence electrons. The fourth-order valence-electron chi connectivity index (χ4n) is 4.73. The van der Waals surface area contributed by atoms with E-state index >= 15 is 0 Å². The number of nitrogens with one attached hydrogen (secondary N) is 2. The van der Waals surface area contributed by atoms with E-state index in [2.05, 4.69) is 38.0 Å². The van der Waals surface area contributed by atoms with Crippen molar-refractivity contribution in [2.24, 2.45) is 0 Å². The maximum Gasteiger partial charge on any atom is 0.173 e. The van der Waals surface area contributed by atoms with Crippen molar-refractivity contribution in [1.82, 2.24) is 35.7 Å². The molecule has 0 amide bonds. The number of benzene rings is 1. The van der Waals surface area contributed by atoms with E-state index in [0.29, 0.717) is 30.2 Å². The van der Waals surface area contributed by atoms with Crippen LogP contribution < -0.4 is 10.1 Å². The predicted octanol–water partition coefficient (Wildman–Crippen LogP) is 2.67. The van der Waals surface area contributed by atoms with Crippen molar-refractivity contribution in [3.05, 3.63) is 52.1 Å². The van der Waals surface area contributed by atoms with Crippen LogP contribution in [0.5, 0.6) is 5.75 Å². The van der Waals surface area contributed by atoms with Crippen molar-refractivity contribution < 1.29 is 9.47 Å². The van der Waals surface area contributed by atoms with E-state index in [-0.39, 0.29) is 11.6 Å². The van der Waals surface area contributed by atoms with E-state index in [1.165, 1.54) is 0 Å². The van der Waals surface area contributed by atoms with Gasteiger partial charge in [0.15, 0.2) is 11.0 Å². The third-order valence-corrected chi connectivity index (χ3v) is 6.69. The lowest BCUT2D eigenvalue weighted by atomic mass is 9.95. The van der Waals surface area contributed by atoms with Crippen LogP contribution in [0.25, 0.3) is 0 Å². The summed E-state index contributed by atoms with van der Waals surface area (Å²) in [6.07, 6.45) is 4.22. The number of tetrazole rings is 1. The molecule has 1 aliphatic carbocycles. The highest BCUT2D eigenvalue weighted by Crippen LogP contribution is 2.42. The normalized spacial score (nSPS) is 23.4. The average molecular weight is 444 g/mol. The first-order valence-electron chi connectivity index (χ1n) is 10.6. The number of rotatable bonds is 8. The zero-order valence-corrected chi connectivity index (χ0v) is 18.4. The number of aromatic nitrogens is 6. The van der Waals surface area contributed by atoms with Gasteiger partial charge in [0.25, 0.3) is 0 Å². The second-order valence-corrected chi connectivity index (χ2v) is 8.69. The average Bonchev–Trinajstić information content (AvgIpc) is 3.57. The largest absolute Gasteiger partial charge is 0.497 e.